The number of aryl methyl sites for hydroxylation is 1. The molecular weight excluding hydrogens is 679 g/mol. The summed E-state index contributed by atoms with van der Waals surface area (Å²) in [5.74, 6) is -1.72. The number of amides is 3. The number of hydrogen-bond acceptors (Lipinski definition) is 7. The fourth-order valence-corrected chi connectivity index (χ4v) is 7.08. The van der Waals surface area contributed by atoms with E-state index in [0.29, 0.717) is 27.4 Å². The molecule has 51 heavy (non-hydrogen) atoms. The predicted octanol–water partition coefficient (Wildman–Crippen LogP) is 8.80. The monoisotopic (exact) mass is 711 g/mol. The molecule has 0 aliphatic carbocycles. The molecule has 254 valence electrons. The number of anilines is 2. The topological polar surface area (TPSA) is 114 Å². The number of benzene rings is 5. The summed E-state index contributed by atoms with van der Waals surface area (Å²) in [6.45, 7) is 1.99. The van der Waals surface area contributed by atoms with Gasteiger partial charge in [0.2, 0.25) is 5.91 Å². The minimum Gasteiger partial charge on any atom is -0.465 e. The smallest absolute Gasteiger partial charge is 0.341 e. The second-order valence-electron chi connectivity index (χ2n) is 11.5. The zero-order chi connectivity index (χ0) is 35.7. The SMILES string of the molecule is COC(=O)c1c(-c2ccc(C)cc2)csc1NC(=O)CSc1cccc(NC(=O)/C(=C\c2cccc3ccccc23)NC(=O)c2ccccc2)c1. The fourth-order valence-electron chi connectivity index (χ4n) is 5.35. The number of nitrogens with one attached hydrogen (secondary N) is 3. The van der Waals surface area contributed by atoms with Gasteiger partial charge >= 0.3 is 5.97 Å². The van der Waals surface area contributed by atoms with Gasteiger partial charge in [0.1, 0.15) is 16.3 Å². The first-order valence-electron chi connectivity index (χ1n) is 16.0. The van der Waals surface area contributed by atoms with Crippen molar-refractivity contribution in [1.29, 1.82) is 0 Å². The molecule has 0 aliphatic heterocycles. The fraction of sp³-hybridized carbons (Fsp3) is 0.0732. The Balaban J connectivity index is 1.17. The van der Waals surface area contributed by atoms with Crippen molar-refractivity contribution in [3.63, 3.8) is 0 Å². The van der Waals surface area contributed by atoms with Gasteiger partial charge in [-0.2, -0.15) is 0 Å². The van der Waals surface area contributed by atoms with Crippen LogP contribution < -0.4 is 16.0 Å². The lowest BCUT2D eigenvalue weighted by molar-refractivity contribution is -0.114. The van der Waals surface area contributed by atoms with Gasteiger partial charge in [0.25, 0.3) is 11.8 Å². The number of ether oxygens (including phenoxy) is 1. The van der Waals surface area contributed by atoms with Crippen LogP contribution in [0.2, 0.25) is 0 Å². The highest BCUT2D eigenvalue weighted by atomic mass is 32.2. The van der Waals surface area contributed by atoms with Crippen molar-refractivity contribution in [3.8, 4) is 11.1 Å². The van der Waals surface area contributed by atoms with Gasteiger partial charge in [0, 0.05) is 27.1 Å². The lowest BCUT2D eigenvalue weighted by Crippen LogP contribution is -2.30. The Kier molecular flexibility index (Phi) is 11.1. The number of thioether (sulfide) groups is 1. The zero-order valence-electron chi connectivity index (χ0n) is 27.8. The summed E-state index contributed by atoms with van der Waals surface area (Å²) in [5.41, 5.74) is 4.67. The molecule has 0 unspecified atom stereocenters. The van der Waals surface area contributed by atoms with E-state index in [1.54, 1.807) is 48.5 Å². The molecular formula is C41H33N3O5S2. The molecule has 0 saturated heterocycles. The Morgan fingerprint density at radius 1 is 0.804 bits per heavy atom. The van der Waals surface area contributed by atoms with E-state index in [1.807, 2.05) is 91.2 Å². The summed E-state index contributed by atoms with van der Waals surface area (Å²) in [6.07, 6.45) is 1.67. The first-order valence-corrected chi connectivity index (χ1v) is 17.8. The molecule has 6 rings (SSSR count). The van der Waals surface area contributed by atoms with Gasteiger partial charge in [-0.25, -0.2) is 4.79 Å². The number of carbonyl (C=O) groups excluding carboxylic acids is 4. The Morgan fingerprint density at radius 3 is 2.31 bits per heavy atom. The molecule has 1 heterocycles. The predicted molar refractivity (Wildman–Crippen MR) is 206 cm³/mol. The van der Waals surface area contributed by atoms with Crippen LogP contribution in [0.1, 0.15) is 31.8 Å². The Labute approximate surface area is 303 Å². The van der Waals surface area contributed by atoms with E-state index in [2.05, 4.69) is 16.0 Å². The van der Waals surface area contributed by atoms with E-state index in [1.165, 1.54) is 30.2 Å². The third-order valence-electron chi connectivity index (χ3n) is 7.91. The van der Waals surface area contributed by atoms with E-state index in [9.17, 15) is 19.2 Å². The molecule has 5 aromatic carbocycles. The van der Waals surface area contributed by atoms with Crippen LogP contribution in [-0.4, -0.2) is 36.6 Å². The highest BCUT2D eigenvalue weighted by Crippen LogP contribution is 2.36. The largest absolute Gasteiger partial charge is 0.465 e. The minimum absolute atomic E-state index is 0.0507. The van der Waals surface area contributed by atoms with Crippen molar-refractivity contribution in [3.05, 3.63) is 155 Å². The van der Waals surface area contributed by atoms with E-state index >= 15 is 0 Å². The van der Waals surface area contributed by atoms with Crippen molar-refractivity contribution >= 4 is 74.3 Å². The quantitative estimate of drug-likeness (QED) is 0.0704. The van der Waals surface area contributed by atoms with E-state index in [4.69, 9.17) is 4.74 Å². The molecule has 3 N–H and O–H groups in total. The van der Waals surface area contributed by atoms with Crippen LogP contribution in [0.15, 0.2) is 137 Å². The number of hydrogen-bond donors (Lipinski definition) is 3. The van der Waals surface area contributed by atoms with Crippen LogP contribution in [0.4, 0.5) is 10.7 Å². The summed E-state index contributed by atoms with van der Waals surface area (Å²) in [5, 5.41) is 12.7. The first-order chi connectivity index (χ1) is 24.8. The van der Waals surface area contributed by atoms with Crippen molar-refractivity contribution in [2.75, 3.05) is 23.5 Å². The van der Waals surface area contributed by atoms with Gasteiger partial charge in [-0.1, -0.05) is 96.6 Å². The third kappa shape index (κ3) is 8.61. The van der Waals surface area contributed by atoms with Crippen molar-refractivity contribution < 1.29 is 23.9 Å². The standard InChI is InChI=1S/C41H33N3O5S2/c1-26-18-20-28(21-19-26)34-24-51-40(37(34)41(48)49-2)44-36(45)25-50-32-16-9-15-31(23-32)42-39(47)35(43-38(46)29-11-4-3-5-12-29)22-30-14-8-13-27-10-6-7-17-33(27)30/h3-24H,25H2,1-2H3,(H,42,47)(H,43,46)(H,44,45)/b35-22+. The summed E-state index contributed by atoms with van der Waals surface area (Å²) in [4.78, 5) is 53.5. The minimum atomic E-state index is -0.535. The van der Waals surface area contributed by atoms with Crippen molar-refractivity contribution in [2.24, 2.45) is 0 Å². The number of rotatable bonds is 11. The maximum absolute atomic E-state index is 13.7. The highest BCUT2D eigenvalue weighted by Gasteiger charge is 2.22. The van der Waals surface area contributed by atoms with Gasteiger partial charge in [-0.3, -0.25) is 14.4 Å². The third-order valence-corrected chi connectivity index (χ3v) is 9.80. The Bertz CT molecular complexity index is 2260. The number of carbonyl (C=O) groups is 4. The molecule has 1 aromatic heterocycles. The summed E-state index contributed by atoms with van der Waals surface area (Å²) >= 11 is 2.53. The molecule has 0 bridgehead atoms. The first kappa shape index (κ1) is 34.9. The normalized spacial score (nSPS) is 11.1. The van der Waals surface area contributed by atoms with Crippen LogP contribution in [0, 0.1) is 6.92 Å². The molecule has 6 aromatic rings. The second kappa shape index (κ2) is 16.2. The lowest BCUT2D eigenvalue weighted by Gasteiger charge is -2.13. The summed E-state index contributed by atoms with van der Waals surface area (Å²) in [6, 6.07) is 37.1. The van der Waals surface area contributed by atoms with Gasteiger partial charge < -0.3 is 20.7 Å². The summed E-state index contributed by atoms with van der Waals surface area (Å²) < 4.78 is 5.04. The number of methoxy groups -OCH3 is 1. The number of fused-ring (bicyclic) bond motifs is 1. The Hall–Kier alpha value is -5.97. The molecule has 0 spiro atoms. The average molecular weight is 712 g/mol. The van der Waals surface area contributed by atoms with Crippen LogP contribution in [0.5, 0.6) is 0 Å². The van der Waals surface area contributed by atoms with Crippen molar-refractivity contribution in [1.82, 2.24) is 5.32 Å². The van der Waals surface area contributed by atoms with Crippen LogP contribution in [0.3, 0.4) is 0 Å². The number of esters is 1. The number of thiophene rings is 1. The van der Waals surface area contributed by atoms with Crippen LogP contribution >= 0.6 is 23.1 Å². The van der Waals surface area contributed by atoms with Crippen LogP contribution in [0.25, 0.3) is 28.0 Å². The molecule has 3 amide bonds. The second-order valence-corrected chi connectivity index (χ2v) is 13.4. The van der Waals surface area contributed by atoms with E-state index in [0.717, 1.165) is 32.4 Å². The van der Waals surface area contributed by atoms with E-state index < -0.39 is 17.8 Å². The van der Waals surface area contributed by atoms with Gasteiger partial charge in [0.15, 0.2) is 0 Å². The van der Waals surface area contributed by atoms with Gasteiger partial charge in [0.05, 0.1) is 12.9 Å². The van der Waals surface area contributed by atoms with Gasteiger partial charge in [-0.05, 0) is 65.2 Å². The highest BCUT2D eigenvalue weighted by molar-refractivity contribution is 8.00. The maximum atomic E-state index is 13.7. The zero-order valence-corrected chi connectivity index (χ0v) is 29.4. The summed E-state index contributed by atoms with van der Waals surface area (Å²) in [7, 11) is 1.31. The molecule has 0 saturated carbocycles. The maximum Gasteiger partial charge on any atom is 0.341 e. The molecule has 0 atom stereocenters. The average Bonchev–Trinajstić information content (AvgIpc) is 3.57. The van der Waals surface area contributed by atoms with Crippen molar-refractivity contribution in [2.45, 2.75) is 11.8 Å². The molecule has 8 nitrogen and oxygen atoms in total. The molecule has 0 radical (unpaired) electrons. The molecule has 0 aliphatic rings. The van der Waals surface area contributed by atoms with Crippen LogP contribution in [-0.2, 0) is 14.3 Å². The van der Waals surface area contributed by atoms with Gasteiger partial charge in [-0.15, -0.1) is 23.1 Å². The molecule has 10 heteroatoms. The lowest BCUT2D eigenvalue weighted by atomic mass is 10.0. The van der Waals surface area contributed by atoms with E-state index in [-0.39, 0.29) is 17.4 Å². The molecule has 0 fully saturated rings. The Morgan fingerprint density at radius 2 is 1.53 bits per heavy atom.